The summed E-state index contributed by atoms with van der Waals surface area (Å²) in [7, 11) is 0. The maximum atomic E-state index is 12.7. The van der Waals surface area contributed by atoms with Crippen molar-refractivity contribution in [1.82, 2.24) is 5.32 Å². The van der Waals surface area contributed by atoms with E-state index in [0.29, 0.717) is 18.1 Å². The van der Waals surface area contributed by atoms with Gasteiger partial charge < -0.3 is 15.0 Å². The second-order valence-corrected chi connectivity index (χ2v) is 7.38. The molecule has 118 valence electrons. The molecule has 4 rings (SSSR count). The van der Waals surface area contributed by atoms with E-state index in [0.717, 1.165) is 31.7 Å². The molecule has 0 radical (unpaired) electrons. The molecule has 1 amide bonds. The molecule has 4 heteroatoms. The zero-order chi connectivity index (χ0) is 15.3. The summed E-state index contributed by atoms with van der Waals surface area (Å²) in [6.45, 7) is 6.18. The third-order valence-corrected chi connectivity index (χ3v) is 5.75. The van der Waals surface area contributed by atoms with Crippen LogP contribution in [0.2, 0.25) is 0 Å². The van der Waals surface area contributed by atoms with Gasteiger partial charge in [0.2, 0.25) is 5.91 Å². The maximum absolute atomic E-state index is 12.7. The van der Waals surface area contributed by atoms with Crippen molar-refractivity contribution in [3.63, 3.8) is 0 Å². The molecule has 22 heavy (non-hydrogen) atoms. The molecular formula is C18H24N2O2. The number of para-hydroxylation sites is 1. The number of nitrogens with zero attached hydrogens (tertiary/aromatic N) is 1. The summed E-state index contributed by atoms with van der Waals surface area (Å²) in [6.07, 6.45) is 2.37. The molecule has 4 nitrogen and oxygen atoms in total. The van der Waals surface area contributed by atoms with Crippen molar-refractivity contribution in [2.75, 3.05) is 18.1 Å². The van der Waals surface area contributed by atoms with Crippen LogP contribution in [0.15, 0.2) is 30.3 Å². The van der Waals surface area contributed by atoms with Crippen LogP contribution < -0.4 is 10.2 Å². The number of fused-ring (bicyclic) bond motifs is 1. The Bertz CT molecular complexity index is 572. The molecular weight excluding hydrogens is 276 g/mol. The minimum atomic E-state index is -0.0500. The van der Waals surface area contributed by atoms with Crippen molar-refractivity contribution in [2.24, 2.45) is 11.3 Å². The maximum Gasteiger partial charge on any atom is 0.244 e. The van der Waals surface area contributed by atoms with Crippen LogP contribution in [0.25, 0.3) is 0 Å². The molecule has 0 bridgehead atoms. The van der Waals surface area contributed by atoms with Gasteiger partial charge in [0, 0.05) is 36.2 Å². The molecule has 1 aromatic rings. The highest BCUT2D eigenvalue weighted by Crippen LogP contribution is 2.52. The molecule has 0 aromatic heterocycles. The van der Waals surface area contributed by atoms with E-state index >= 15 is 0 Å². The van der Waals surface area contributed by atoms with Crippen molar-refractivity contribution in [1.29, 1.82) is 0 Å². The van der Waals surface area contributed by atoms with Gasteiger partial charge in [0.1, 0.15) is 0 Å². The summed E-state index contributed by atoms with van der Waals surface area (Å²) >= 11 is 0. The fraction of sp³-hybridized carbons (Fsp3) is 0.611. The molecule has 2 heterocycles. The molecule has 2 aliphatic heterocycles. The first-order valence-corrected chi connectivity index (χ1v) is 8.33. The number of hydrogen-bond acceptors (Lipinski definition) is 3. The number of anilines is 1. The normalized spacial score (nSPS) is 36.3. The molecule has 3 fully saturated rings. The molecule has 1 N–H and O–H groups in total. The molecule has 0 spiro atoms. The summed E-state index contributed by atoms with van der Waals surface area (Å²) in [4.78, 5) is 14.6. The van der Waals surface area contributed by atoms with Crippen LogP contribution in [0.5, 0.6) is 0 Å². The van der Waals surface area contributed by atoms with Crippen LogP contribution in [0, 0.1) is 11.3 Å². The van der Waals surface area contributed by atoms with Gasteiger partial charge in [0.15, 0.2) is 0 Å². The van der Waals surface area contributed by atoms with Crippen molar-refractivity contribution in [3.05, 3.63) is 30.3 Å². The largest absolute Gasteiger partial charge is 0.377 e. The zero-order valence-corrected chi connectivity index (χ0v) is 13.3. The van der Waals surface area contributed by atoms with E-state index in [2.05, 4.69) is 19.2 Å². The molecule has 3 aliphatic rings. The lowest BCUT2D eigenvalue weighted by atomic mass is 9.57. The van der Waals surface area contributed by atoms with E-state index in [1.165, 1.54) is 0 Å². The van der Waals surface area contributed by atoms with E-state index in [9.17, 15) is 4.79 Å². The summed E-state index contributed by atoms with van der Waals surface area (Å²) in [5, 5.41) is 3.66. The van der Waals surface area contributed by atoms with Gasteiger partial charge in [-0.05, 0) is 25.0 Å². The van der Waals surface area contributed by atoms with Gasteiger partial charge in [-0.1, -0.05) is 32.0 Å². The van der Waals surface area contributed by atoms with E-state index in [-0.39, 0.29) is 17.4 Å². The summed E-state index contributed by atoms with van der Waals surface area (Å²) < 4.78 is 5.84. The van der Waals surface area contributed by atoms with Gasteiger partial charge >= 0.3 is 0 Å². The number of hydrogen-bond donors (Lipinski definition) is 1. The summed E-state index contributed by atoms with van der Waals surface area (Å²) in [5.74, 6) is 0.790. The average molecular weight is 300 g/mol. The predicted octanol–water partition coefficient (Wildman–Crippen LogP) is 2.19. The van der Waals surface area contributed by atoms with Gasteiger partial charge in [-0.2, -0.15) is 0 Å². The van der Waals surface area contributed by atoms with Crippen molar-refractivity contribution in [3.8, 4) is 0 Å². The molecule has 1 aromatic carbocycles. The van der Waals surface area contributed by atoms with Gasteiger partial charge in [-0.25, -0.2) is 0 Å². The standard InChI is InChI=1S/C18H24N2O2/c1-18(2)15(13-9-11-22-16(13)18)19-14-8-10-20(17(14)21)12-6-4-3-5-7-12/h3-7,13-16,19H,8-11H2,1-2H3. The lowest BCUT2D eigenvalue weighted by Gasteiger charge is -2.55. The average Bonchev–Trinajstić information content (AvgIpc) is 3.11. The van der Waals surface area contributed by atoms with Gasteiger partial charge in [-0.15, -0.1) is 0 Å². The molecule has 4 atom stereocenters. The Balaban J connectivity index is 1.46. The monoisotopic (exact) mass is 300 g/mol. The van der Waals surface area contributed by atoms with Crippen LogP contribution in [0.4, 0.5) is 5.69 Å². The fourth-order valence-electron chi connectivity index (χ4n) is 4.58. The zero-order valence-electron chi connectivity index (χ0n) is 13.3. The van der Waals surface area contributed by atoms with Crippen molar-refractivity contribution >= 4 is 11.6 Å². The summed E-state index contributed by atoms with van der Waals surface area (Å²) in [5.41, 5.74) is 1.13. The number of carbonyl (C=O) groups excluding carboxylic acids is 1. The third-order valence-electron chi connectivity index (χ3n) is 5.75. The number of carbonyl (C=O) groups is 1. The number of rotatable bonds is 3. The molecule has 4 unspecified atom stereocenters. The van der Waals surface area contributed by atoms with E-state index in [1.807, 2.05) is 35.2 Å². The predicted molar refractivity (Wildman–Crippen MR) is 85.8 cm³/mol. The first-order valence-electron chi connectivity index (χ1n) is 8.33. The quantitative estimate of drug-likeness (QED) is 0.930. The second kappa shape index (κ2) is 5.07. The first-order chi connectivity index (χ1) is 10.6. The van der Waals surface area contributed by atoms with Crippen LogP contribution in [0.1, 0.15) is 26.7 Å². The first kappa shape index (κ1) is 14.2. The number of nitrogens with one attached hydrogen (secondary N) is 1. The summed E-state index contributed by atoms with van der Waals surface area (Å²) in [6, 6.07) is 10.3. The smallest absolute Gasteiger partial charge is 0.244 e. The Morgan fingerprint density at radius 2 is 2.00 bits per heavy atom. The van der Waals surface area contributed by atoms with Crippen LogP contribution >= 0.6 is 0 Å². The highest BCUT2D eigenvalue weighted by molar-refractivity contribution is 5.99. The Kier molecular flexibility index (Phi) is 3.27. The molecule has 1 saturated carbocycles. The highest BCUT2D eigenvalue weighted by Gasteiger charge is 2.60. The highest BCUT2D eigenvalue weighted by atomic mass is 16.5. The SMILES string of the molecule is CC1(C)C(NC2CCN(c3ccccc3)C2=O)C2CCOC21. The van der Waals surface area contributed by atoms with Crippen LogP contribution in [0.3, 0.4) is 0 Å². The Hall–Kier alpha value is -1.39. The topological polar surface area (TPSA) is 41.6 Å². The van der Waals surface area contributed by atoms with Gasteiger partial charge in [0.25, 0.3) is 0 Å². The van der Waals surface area contributed by atoms with E-state index < -0.39 is 0 Å². The van der Waals surface area contributed by atoms with Crippen LogP contribution in [-0.4, -0.2) is 37.2 Å². The lowest BCUT2D eigenvalue weighted by Crippen LogP contribution is -2.68. The fourth-order valence-corrected chi connectivity index (χ4v) is 4.58. The third kappa shape index (κ3) is 2.01. The van der Waals surface area contributed by atoms with E-state index in [4.69, 9.17) is 4.74 Å². The Morgan fingerprint density at radius 3 is 2.77 bits per heavy atom. The number of ether oxygens (including phenoxy) is 1. The minimum absolute atomic E-state index is 0.0500. The lowest BCUT2D eigenvalue weighted by molar-refractivity contribution is -0.127. The van der Waals surface area contributed by atoms with Crippen molar-refractivity contribution < 1.29 is 9.53 Å². The Morgan fingerprint density at radius 1 is 1.23 bits per heavy atom. The number of benzene rings is 1. The van der Waals surface area contributed by atoms with Crippen LogP contribution in [-0.2, 0) is 9.53 Å². The Labute approximate surface area is 131 Å². The van der Waals surface area contributed by atoms with Gasteiger partial charge in [-0.3, -0.25) is 4.79 Å². The molecule has 1 aliphatic carbocycles. The number of amides is 1. The second-order valence-electron chi connectivity index (χ2n) is 7.38. The van der Waals surface area contributed by atoms with Crippen molar-refractivity contribution in [2.45, 2.75) is 44.9 Å². The van der Waals surface area contributed by atoms with E-state index in [1.54, 1.807) is 0 Å². The van der Waals surface area contributed by atoms with Gasteiger partial charge in [0.05, 0.1) is 12.1 Å². The molecule has 2 saturated heterocycles. The minimum Gasteiger partial charge on any atom is -0.377 e.